The molecule has 0 fully saturated rings. The van der Waals surface area contributed by atoms with E-state index in [-0.39, 0.29) is 18.1 Å². The van der Waals surface area contributed by atoms with Gasteiger partial charge in [0, 0.05) is 12.4 Å². The highest BCUT2D eigenvalue weighted by Crippen LogP contribution is 2.18. The van der Waals surface area contributed by atoms with E-state index in [1.165, 1.54) is 12.4 Å². The summed E-state index contributed by atoms with van der Waals surface area (Å²) in [6.07, 6.45) is 2.90. The number of alkyl halides is 1. The fourth-order valence-corrected chi connectivity index (χ4v) is 1.85. The van der Waals surface area contributed by atoms with E-state index in [2.05, 4.69) is 15.0 Å². The van der Waals surface area contributed by atoms with E-state index in [1.54, 1.807) is 19.1 Å². The van der Waals surface area contributed by atoms with Crippen molar-refractivity contribution in [2.24, 2.45) is 0 Å². The summed E-state index contributed by atoms with van der Waals surface area (Å²) >= 11 is 11.6. The van der Waals surface area contributed by atoms with Crippen molar-refractivity contribution in [3.8, 4) is 11.5 Å². The Morgan fingerprint density at radius 2 is 2.10 bits per heavy atom. The van der Waals surface area contributed by atoms with Gasteiger partial charge in [0.1, 0.15) is 11.3 Å². The number of halogens is 2. The van der Waals surface area contributed by atoms with E-state index in [0.29, 0.717) is 22.2 Å². The Bertz CT molecular complexity index is 618. The molecule has 0 aromatic carbocycles. The van der Waals surface area contributed by atoms with Gasteiger partial charge in [-0.25, -0.2) is 14.8 Å². The Morgan fingerprint density at radius 3 is 2.70 bits per heavy atom. The lowest BCUT2D eigenvalue weighted by Gasteiger charge is -2.07. The molecule has 2 aromatic heterocycles. The minimum absolute atomic E-state index is 0.0806. The minimum atomic E-state index is -0.487. The van der Waals surface area contributed by atoms with Gasteiger partial charge in [-0.15, -0.1) is 11.6 Å². The van der Waals surface area contributed by atoms with Crippen molar-refractivity contribution in [2.45, 2.75) is 12.8 Å². The van der Waals surface area contributed by atoms with E-state index >= 15 is 0 Å². The summed E-state index contributed by atoms with van der Waals surface area (Å²) in [6, 6.07) is 3.38. The van der Waals surface area contributed by atoms with Crippen LogP contribution in [-0.4, -0.2) is 27.5 Å². The van der Waals surface area contributed by atoms with Gasteiger partial charge in [-0.3, -0.25) is 4.98 Å². The Morgan fingerprint density at radius 1 is 1.30 bits per heavy atom. The predicted molar refractivity (Wildman–Crippen MR) is 75.8 cm³/mol. The molecule has 2 heterocycles. The average Bonchev–Trinajstić information content (AvgIpc) is 2.47. The third kappa shape index (κ3) is 3.23. The molecule has 0 spiro atoms. The number of rotatable bonds is 4. The number of nitrogens with zero attached hydrogens (tertiary/aromatic N) is 3. The van der Waals surface area contributed by atoms with Crippen molar-refractivity contribution < 1.29 is 9.53 Å². The number of hydrogen-bond donors (Lipinski definition) is 0. The molecule has 0 aliphatic carbocycles. The zero-order valence-electron chi connectivity index (χ0n) is 10.6. The van der Waals surface area contributed by atoms with Crippen molar-refractivity contribution in [1.29, 1.82) is 0 Å². The molecule has 0 amide bonds. The van der Waals surface area contributed by atoms with E-state index in [9.17, 15) is 4.79 Å². The first-order chi connectivity index (χ1) is 9.65. The number of carbonyl (C=O) groups excluding carboxylic acids is 1. The van der Waals surface area contributed by atoms with Crippen LogP contribution in [0.2, 0.25) is 5.02 Å². The molecule has 0 bridgehead atoms. The molecule has 2 rings (SSSR count). The predicted octanol–water partition coefficient (Wildman–Crippen LogP) is 3.11. The van der Waals surface area contributed by atoms with Crippen molar-refractivity contribution in [3.05, 3.63) is 40.8 Å². The van der Waals surface area contributed by atoms with E-state index in [1.807, 2.05) is 0 Å². The summed E-state index contributed by atoms with van der Waals surface area (Å²) in [5.74, 6) is -0.0267. The van der Waals surface area contributed by atoms with Crippen LogP contribution in [0.1, 0.15) is 23.0 Å². The molecular formula is C13H11Cl2N3O2. The first kappa shape index (κ1) is 14.7. The second kappa shape index (κ2) is 6.63. The monoisotopic (exact) mass is 311 g/mol. The Hall–Kier alpha value is -1.72. The zero-order valence-corrected chi connectivity index (χ0v) is 12.1. The third-order valence-electron chi connectivity index (χ3n) is 2.45. The Balaban J connectivity index is 2.38. The fourth-order valence-electron chi connectivity index (χ4n) is 1.53. The zero-order chi connectivity index (χ0) is 14.5. The van der Waals surface area contributed by atoms with Crippen LogP contribution in [0.25, 0.3) is 11.5 Å². The van der Waals surface area contributed by atoms with Gasteiger partial charge < -0.3 is 4.74 Å². The molecule has 0 saturated carbocycles. The highest BCUT2D eigenvalue weighted by Gasteiger charge is 2.16. The van der Waals surface area contributed by atoms with Crippen LogP contribution in [-0.2, 0) is 10.6 Å². The molecule has 0 atom stereocenters. The van der Waals surface area contributed by atoms with Crippen molar-refractivity contribution >= 4 is 29.2 Å². The quantitative estimate of drug-likeness (QED) is 0.641. The van der Waals surface area contributed by atoms with Crippen LogP contribution < -0.4 is 0 Å². The first-order valence-corrected chi connectivity index (χ1v) is 6.78. The first-order valence-electron chi connectivity index (χ1n) is 5.86. The topological polar surface area (TPSA) is 65.0 Å². The standard InChI is InChI=1S/C13H11Cl2N3O2/c1-2-20-13(19)9-7-17-12(18-11(9)5-14)10-4-3-8(15)6-16-10/h3-4,6-7H,2,5H2,1H3. The molecule has 0 radical (unpaired) electrons. The molecule has 0 N–H and O–H groups in total. The van der Waals surface area contributed by atoms with Gasteiger partial charge in [0.15, 0.2) is 5.82 Å². The van der Waals surface area contributed by atoms with Gasteiger partial charge in [0.05, 0.1) is 23.2 Å². The Kier molecular flexibility index (Phi) is 4.87. The smallest absolute Gasteiger partial charge is 0.341 e. The maximum Gasteiger partial charge on any atom is 0.341 e. The SMILES string of the molecule is CCOC(=O)c1cnc(-c2ccc(Cl)cn2)nc1CCl. The van der Waals surface area contributed by atoms with Gasteiger partial charge in [-0.05, 0) is 19.1 Å². The summed E-state index contributed by atoms with van der Waals surface area (Å²) in [4.78, 5) is 24.2. The molecule has 0 saturated heterocycles. The second-order valence-electron chi connectivity index (χ2n) is 3.77. The lowest BCUT2D eigenvalue weighted by Crippen LogP contribution is -2.10. The van der Waals surface area contributed by atoms with E-state index in [0.717, 1.165) is 0 Å². The van der Waals surface area contributed by atoms with E-state index in [4.69, 9.17) is 27.9 Å². The molecule has 0 aliphatic rings. The maximum atomic E-state index is 11.7. The molecule has 0 unspecified atom stereocenters. The Labute approximate surface area is 125 Å². The van der Waals surface area contributed by atoms with Crippen molar-refractivity contribution in [1.82, 2.24) is 15.0 Å². The molecular weight excluding hydrogens is 301 g/mol. The van der Waals surface area contributed by atoms with Crippen LogP contribution in [0.4, 0.5) is 0 Å². The van der Waals surface area contributed by atoms with Crippen molar-refractivity contribution in [2.75, 3.05) is 6.61 Å². The molecule has 104 valence electrons. The third-order valence-corrected chi connectivity index (χ3v) is 2.92. The van der Waals surface area contributed by atoms with Crippen LogP contribution in [0, 0.1) is 0 Å². The summed E-state index contributed by atoms with van der Waals surface area (Å²) in [6.45, 7) is 2.01. The number of ether oxygens (including phenoxy) is 1. The minimum Gasteiger partial charge on any atom is -0.462 e. The van der Waals surface area contributed by atoms with Crippen LogP contribution in [0.5, 0.6) is 0 Å². The summed E-state index contributed by atoms with van der Waals surface area (Å²) in [7, 11) is 0. The normalized spacial score (nSPS) is 10.3. The molecule has 5 nitrogen and oxygen atoms in total. The van der Waals surface area contributed by atoms with Gasteiger partial charge in [-0.2, -0.15) is 0 Å². The van der Waals surface area contributed by atoms with Gasteiger partial charge in [0.25, 0.3) is 0 Å². The van der Waals surface area contributed by atoms with Crippen LogP contribution in [0.3, 0.4) is 0 Å². The number of pyridine rings is 1. The fraction of sp³-hybridized carbons (Fsp3) is 0.231. The van der Waals surface area contributed by atoms with Gasteiger partial charge in [0.2, 0.25) is 0 Å². The lowest BCUT2D eigenvalue weighted by molar-refractivity contribution is 0.0524. The second-order valence-corrected chi connectivity index (χ2v) is 4.47. The summed E-state index contributed by atoms with van der Waals surface area (Å²) in [5.41, 5.74) is 1.22. The lowest BCUT2D eigenvalue weighted by atomic mass is 10.2. The summed E-state index contributed by atoms with van der Waals surface area (Å²) in [5, 5.41) is 0.523. The van der Waals surface area contributed by atoms with E-state index < -0.39 is 5.97 Å². The molecule has 0 aliphatic heterocycles. The van der Waals surface area contributed by atoms with Crippen LogP contribution in [0.15, 0.2) is 24.5 Å². The summed E-state index contributed by atoms with van der Waals surface area (Å²) < 4.78 is 4.92. The van der Waals surface area contributed by atoms with Crippen LogP contribution >= 0.6 is 23.2 Å². The molecule has 7 heteroatoms. The highest BCUT2D eigenvalue weighted by molar-refractivity contribution is 6.30. The maximum absolute atomic E-state index is 11.7. The highest BCUT2D eigenvalue weighted by atomic mass is 35.5. The molecule has 20 heavy (non-hydrogen) atoms. The van der Waals surface area contributed by atoms with Crippen molar-refractivity contribution in [3.63, 3.8) is 0 Å². The largest absolute Gasteiger partial charge is 0.462 e. The number of hydrogen-bond acceptors (Lipinski definition) is 5. The van der Waals surface area contributed by atoms with Gasteiger partial charge >= 0.3 is 5.97 Å². The van der Waals surface area contributed by atoms with Gasteiger partial charge in [-0.1, -0.05) is 11.6 Å². The number of esters is 1. The number of aromatic nitrogens is 3. The average molecular weight is 312 g/mol. The molecule has 2 aromatic rings. The number of carbonyl (C=O) groups is 1.